The van der Waals surface area contributed by atoms with Gasteiger partial charge in [-0.3, -0.25) is 4.79 Å². The van der Waals surface area contributed by atoms with E-state index in [1.807, 2.05) is 24.3 Å². The normalized spacial score (nSPS) is 20.0. The molecule has 5 nitrogen and oxygen atoms in total. The number of fused-ring (bicyclic) bond motifs is 2. The fourth-order valence-corrected chi connectivity index (χ4v) is 3.01. The predicted octanol–water partition coefficient (Wildman–Crippen LogP) is 2.22. The molecule has 2 heterocycles. The molecule has 0 bridgehead atoms. The lowest BCUT2D eigenvalue weighted by atomic mass is 10.1. The number of hydrogen-bond donors (Lipinski definition) is 2. The molecule has 4 rings (SSSR count). The van der Waals surface area contributed by atoms with E-state index >= 15 is 0 Å². The van der Waals surface area contributed by atoms with Crippen LogP contribution in [0.1, 0.15) is 27.5 Å². The standard InChI is InChI=1S/C17H14N2O3/c20-14-8-10-4-1-2-5-11(10)15(14)19-16(21)13-9-22-17-12(13)6-3-7-18-17/h1-7,9,14-15,20H,8H2,(H,19,21)/t14-,15+/m1/s1. The molecular weight excluding hydrogens is 280 g/mol. The number of pyridine rings is 1. The van der Waals surface area contributed by atoms with Crippen LogP contribution in [0.5, 0.6) is 0 Å². The van der Waals surface area contributed by atoms with Crippen LogP contribution in [0.15, 0.2) is 53.3 Å². The molecule has 0 fully saturated rings. The summed E-state index contributed by atoms with van der Waals surface area (Å²) in [6.07, 6.45) is 2.96. The van der Waals surface area contributed by atoms with E-state index in [1.165, 1.54) is 6.26 Å². The van der Waals surface area contributed by atoms with Crippen LogP contribution in [0.4, 0.5) is 0 Å². The van der Waals surface area contributed by atoms with Gasteiger partial charge in [0.25, 0.3) is 5.91 Å². The van der Waals surface area contributed by atoms with E-state index in [1.54, 1.807) is 18.3 Å². The summed E-state index contributed by atoms with van der Waals surface area (Å²) in [6, 6.07) is 10.9. The molecular formula is C17H14N2O3. The molecule has 1 amide bonds. The molecule has 2 atom stereocenters. The van der Waals surface area contributed by atoms with Gasteiger partial charge in [-0.05, 0) is 23.3 Å². The molecule has 3 aromatic rings. The number of benzene rings is 1. The molecule has 5 heteroatoms. The Labute approximate surface area is 126 Å². The number of carbonyl (C=O) groups excluding carboxylic acids is 1. The van der Waals surface area contributed by atoms with Crippen LogP contribution in [0.25, 0.3) is 11.1 Å². The van der Waals surface area contributed by atoms with Gasteiger partial charge in [-0.1, -0.05) is 24.3 Å². The Bertz CT molecular complexity index is 856. The number of amides is 1. The van der Waals surface area contributed by atoms with Crippen LogP contribution in [0, 0.1) is 0 Å². The summed E-state index contributed by atoms with van der Waals surface area (Å²) >= 11 is 0. The van der Waals surface area contributed by atoms with Crippen molar-refractivity contribution in [2.75, 3.05) is 0 Å². The summed E-state index contributed by atoms with van der Waals surface area (Å²) in [5.74, 6) is -0.271. The van der Waals surface area contributed by atoms with Gasteiger partial charge in [0, 0.05) is 12.6 Å². The van der Waals surface area contributed by atoms with Crippen molar-refractivity contribution >= 4 is 17.0 Å². The SMILES string of the molecule is O=C(N[C@H]1c2ccccc2C[C@H]1O)c1coc2ncccc12. The van der Waals surface area contributed by atoms with Gasteiger partial charge in [0.15, 0.2) is 0 Å². The van der Waals surface area contributed by atoms with E-state index in [-0.39, 0.29) is 5.91 Å². The second kappa shape index (κ2) is 4.96. The lowest BCUT2D eigenvalue weighted by molar-refractivity contribution is 0.0859. The molecule has 2 N–H and O–H groups in total. The molecule has 1 aliphatic carbocycles. The third-order valence-corrected chi connectivity index (χ3v) is 4.08. The molecule has 110 valence electrons. The highest BCUT2D eigenvalue weighted by Crippen LogP contribution is 2.31. The van der Waals surface area contributed by atoms with Crippen LogP contribution < -0.4 is 5.32 Å². The second-order valence-corrected chi connectivity index (χ2v) is 5.43. The quantitative estimate of drug-likeness (QED) is 0.760. The zero-order chi connectivity index (χ0) is 15.1. The average Bonchev–Trinajstić information content (AvgIpc) is 3.09. The molecule has 0 unspecified atom stereocenters. The average molecular weight is 294 g/mol. The monoisotopic (exact) mass is 294 g/mol. The topological polar surface area (TPSA) is 75.4 Å². The summed E-state index contributed by atoms with van der Waals surface area (Å²) in [7, 11) is 0. The van der Waals surface area contributed by atoms with Crippen molar-refractivity contribution in [1.29, 1.82) is 0 Å². The lowest BCUT2D eigenvalue weighted by Crippen LogP contribution is -2.33. The van der Waals surface area contributed by atoms with E-state index in [9.17, 15) is 9.90 Å². The van der Waals surface area contributed by atoms with Crippen LogP contribution in [-0.2, 0) is 6.42 Å². The van der Waals surface area contributed by atoms with E-state index in [0.717, 1.165) is 11.1 Å². The first-order valence-electron chi connectivity index (χ1n) is 7.13. The van der Waals surface area contributed by atoms with Crippen LogP contribution in [0.2, 0.25) is 0 Å². The van der Waals surface area contributed by atoms with Crippen LogP contribution in [-0.4, -0.2) is 22.1 Å². The summed E-state index contributed by atoms with van der Waals surface area (Å²) in [5.41, 5.74) is 2.90. The van der Waals surface area contributed by atoms with Crippen molar-refractivity contribution in [3.8, 4) is 0 Å². The molecule has 0 spiro atoms. The largest absolute Gasteiger partial charge is 0.445 e. The van der Waals surface area contributed by atoms with Crippen molar-refractivity contribution in [3.05, 3.63) is 65.5 Å². The van der Waals surface area contributed by atoms with Crippen LogP contribution in [0.3, 0.4) is 0 Å². The first kappa shape index (κ1) is 13.0. The molecule has 0 saturated carbocycles. The molecule has 2 aromatic heterocycles. The third kappa shape index (κ3) is 1.98. The minimum atomic E-state index is -0.613. The summed E-state index contributed by atoms with van der Waals surface area (Å²) < 4.78 is 5.30. The maximum Gasteiger partial charge on any atom is 0.255 e. The van der Waals surface area contributed by atoms with Gasteiger partial charge in [0.1, 0.15) is 6.26 Å². The van der Waals surface area contributed by atoms with Gasteiger partial charge in [-0.2, -0.15) is 0 Å². The van der Waals surface area contributed by atoms with E-state index in [0.29, 0.717) is 23.1 Å². The number of aliphatic hydroxyl groups is 1. The molecule has 1 aromatic carbocycles. The summed E-state index contributed by atoms with van der Waals surface area (Å²) in [5, 5.41) is 13.8. The number of aliphatic hydroxyl groups excluding tert-OH is 1. The Morgan fingerprint density at radius 2 is 2.14 bits per heavy atom. The third-order valence-electron chi connectivity index (χ3n) is 4.08. The van der Waals surface area contributed by atoms with Crippen molar-refractivity contribution in [2.24, 2.45) is 0 Å². The zero-order valence-corrected chi connectivity index (χ0v) is 11.7. The van der Waals surface area contributed by atoms with Gasteiger partial charge in [-0.15, -0.1) is 0 Å². The van der Waals surface area contributed by atoms with Crippen molar-refractivity contribution in [3.63, 3.8) is 0 Å². The highest BCUT2D eigenvalue weighted by Gasteiger charge is 2.32. The van der Waals surface area contributed by atoms with Crippen molar-refractivity contribution < 1.29 is 14.3 Å². The fourth-order valence-electron chi connectivity index (χ4n) is 3.01. The van der Waals surface area contributed by atoms with Gasteiger partial charge in [-0.25, -0.2) is 4.98 Å². The fraction of sp³-hybridized carbons (Fsp3) is 0.176. The number of aromatic nitrogens is 1. The number of furan rings is 1. The van der Waals surface area contributed by atoms with Gasteiger partial charge < -0.3 is 14.8 Å². The maximum absolute atomic E-state index is 12.5. The van der Waals surface area contributed by atoms with Gasteiger partial charge >= 0.3 is 0 Å². The molecule has 1 aliphatic rings. The first-order chi connectivity index (χ1) is 10.7. The molecule has 0 radical (unpaired) electrons. The Morgan fingerprint density at radius 3 is 3.05 bits per heavy atom. The molecule has 22 heavy (non-hydrogen) atoms. The number of nitrogens with one attached hydrogen (secondary N) is 1. The van der Waals surface area contributed by atoms with Crippen molar-refractivity contribution in [2.45, 2.75) is 18.6 Å². The second-order valence-electron chi connectivity index (χ2n) is 5.43. The van der Waals surface area contributed by atoms with Gasteiger partial charge in [0.05, 0.1) is 23.1 Å². The Kier molecular flexibility index (Phi) is 2.94. The highest BCUT2D eigenvalue weighted by molar-refractivity contribution is 6.05. The number of hydrogen-bond acceptors (Lipinski definition) is 4. The van der Waals surface area contributed by atoms with E-state index < -0.39 is 12.1 Å². The van der Waals surface area contributed by atoms with Gasteiger partial charge in [0.2, 0.25) is 5.71 Å². The van der Waals surface area contributed by atoms with E-state index in [4.69, 9.17) is 4.42 Å². The molecule has 0 aliphatic heterocycles. The smallest absolute Gasteiger partial charge is 0.255 e. The minimum Gasteiger partial charge on any atom is -0.445 e. The summed E-state index contributed by atoms with van der Waals surface area (Å²) in [6.45, 7) is 0. The number of rotatable bonds is 2. The van der Waals surface area contributed by atoms with E-state index in [2.05, 4.69) is 10.3 Å². The summed E-state index contributed by atoms with van der Waals surface area (Å²) in [4.78, 5) is 16.6. The lowest BCUT2D eigenvalue weighted by Gasteiger charge is -2.17. The Morgan fingerprint density at radius 1 is 1.27 bits per heavy atom. The predicted molar refractivity (Wildman–Crippen MR) is 80.4 cm³/mol. The Hall–Kier alpha value is -2.66. The highest BCUT2D eigenvalue weighted by atomic mass is 16.3. The first-order valence-corrected chi connectivity index (χ1v) is 7.13. The molecule has 0 saturated heterocycles. The number of nitrogens with zero attached hydrogens (tertiary/aromatic N) is 1. The van der Waals surface area contributed by atoms with Crippen molar-refractivity contribution in [1.82, 2.24) is 10.3 Å². The minimum absolute atomic E-state index is 0.271. The van der Waals surface area contributed by atoms with Crippen LogP contribution >= 0.6 is 0 Å². The Balaban J connectivity index is 1.65. The zero-order valence-electron chi connectivity index (χ0n) is 11.7. The number of carbonyl (C=O) groups is 1. The maximum atomic E-state index is 12.5.